The average molecular weight is 576 g/mol. The molecule has 3 aromatic carbocycles. The van der Waals surface area contributed by atoms with Crippen LogP contribution in [0, 0.1) is 0 Å². The maximum atomic E-state index is 12.2. The lowest BCUT2D eigenvalue weighted by molar-refractivity contribution is -0.245. The van der Waals surface area contributed by atoms with Crippen molar-refractivity contribution in [3.05, 3.63) is 95.6 Å². The monoisotopic (exact) mass is 575 g/mol. The van der Waals surface area contributed by atoms with Gasteiger partial charge in [-0.15, -0.1) is 5.10 Å². The molecule has 1 amide bonds. The largest absolute Gasteiger partial charge is 0.481 e. The Kier molecular flexibility index (Phi) is 9.36. The summed E-state index contributed by atoms with van der Waals surface area (Å²) in [5.74, 6) is -0.857. The van der Waals surface area contributed by atoms with Crippen molar-refractivity contribution in [2.45, 2.75) is 49.5 Å². The first-order valence-corrected chi connectivity index (χ1v) is 14.1. The van der Waals surface area contributed by atoms with Crippen molar-refractivity contribution in [3.8, 4) is 5.69 Å². The summed E-state index contributed by atoms with van der Waals surface area (Å²) in [6, 6.07) is 24.4. The van der Waals surface area contributed by atoms with E-state index >= 15 is 0 Å². The zero-order chi connectivity index (χ0) is 28.6. The fraction of sp³-hybridized carbons (Fsp3) is 0.276. The minimum absolute atomic E-state index is 0.0437. The minimum atomic E-state index is -1.03. The maximum Gasteiger partial charge on any atom is 0.303 e. The Balaban J connectivity index is 1.34. The number of benzene rings is 3. The summed E-state index contributed by atoms with van der Waals surface area (Å²) in [7, 11) is 0. The van der Waals surface area contributed by atoms with Crippen LogP contribution < -0.4 is 5.32 Å². The Morgan fingerprint density at radius 2 is 1.78 bits per heavy atom. The molecule has 2 heterocycles. The molecule has 1 aliphatic rings. The van der Waals surface area contributed by atoms with Crippen molar-refractivity contribution >= 4 is 29.3 Å². The topological polar surface area (TPSA) is 149 Å². The van der Waals surface area contributed by atoms with Crippen molar-refractivity contribution in [1.82, 2.24) is 20.2 Å². The van der Waals surface area contributed by atoms with Crippen molar-refractivity contribution in [3.63, 3.8) is 0 Å². The molecule has 1 aliphatic heterocycles. The van der Waals surface area contributed by atoms with Crippen LogP contribution in [0.4, 0.5) is 5.69 Å². The summed E-state index contributed by atoms with van der Waals surface area (Å²) in [6.45, 7) is -0.0437. The molecule has 5 rings (SSSR count). The van der Waals surface area contributed by atoms with Gasteiger partial charge in [-0.2, -0.15) is 4.68 Å². The molecule has 3 atom stereocenters. The molecule has 0 spiro atoms. The van der Waals surface area contributed by atoms with Gasteiger partial charge in [0.1, 0.15) is 0 Å². The van der Waals surface area contributed by atoms with Crippen molar-refractivity contribution in [2.75, 3.05) is 11.1 Å². The molecule has 41 heavy (non-hydrogen) atoms. The van der Waals surface area contributed by atoms with E-state index in [9.17, 15) is 14.7 Å². The number of thioether (sulfide) groups is 1. The lowest BCUT2D eigenvalue weighted by Crippen LogP contribution is -2.31. The quantitative estimate of drug-likeness (QED) is 0.221. The van der Waals surface area contributed by atoms with E-state index in [1.807, 2.05) is 60.7 Å². The van der Waals surface area contributed by atoms with E-state index in [1.54, 1.807) is 22.9 Å². The molecule has 11 nitrogen and oxygen atoms in total. The summed E-state index contributed by atoms with van der Waals surface area (Å²) in [4.78, 5) is 23.0. The van der Waals surface area contributed by atoms with Gasteiger partial charge in [-0.3, -0.25) is 9.59 Å². The van der Waals surface area contributed by atoms with Crippen LogP contribution in [0.1, 0.15) is 48.3 Å². The molecule has 1 fully saturated rings. The Morgan fingerprint density at radius 1 is 0.976 bits per heavy atom. The maximum absolute atomic E-state index is 12.2. The van der Waals surface area contributed by atoms with Gasteiger partial charge in [0.25, 0.3) is 0 Å². The number of carboxylic acid groups (broad SMARTS) is 1. The summed E-state index contributed by atoms with van der Waals surface area (Å²) < 4.78 is 14.5. The van der Waals surface area contributed by atoms with Gasteiger partial charge >= 0.3 is 5.97 Å². The van der Waals surface area contributed by atoms with Crippen molar-refractivity contribution in [1.29, 1.82) is 0 Å². The van der Waals surface area contributed by atoms with E-state index in [0.717, 1.165) is 16.8 Å². The van der Waals surface area contributed by atoms with Gasteiger partial charge in [0.15, 0.2) is 6.29 Å². The molecule has 12 heteroatoms. The van der Waals surface area contributed by atoms with Crippen LogP contribution in [-0.4, -0.2) is 54.2 Å². The number of nitrogens with zero attached hydrogens (tertiary/aromatic N) is 4. The molecule has 0 radical (unpaired) electrons. The minimum Gasteiger partial charge on any atom is -0.481 e. The van der Waals surface area contributed by atoms with Gasteiger partial charge < -0.3 is 25.0 Å². The number of aliphatic hydroxyl groups is 1. The predicted octanol–water partition coefficient (Wildman–Crippen LogP) is 4.30. The van der Waals surface area contributed by atoms with Crippen LogP contribution in [-0.2, 0) is 25.7 Å². The highest BCUT2D eigenvalue weighted by molar-refractivity contribution is 7.99. The Bertz CT molecular complexity index is 1470. The molecule has 212 valence electrons. The average Bonchev–Trinajstić information content (AvgIpc) is 3.48. The highest BCUT2D eigenvalue weighted by Gasteiger charge is 2.33. The molecular formula is C29H29N5O6S. The molecule has 4 aromatic rings. The lowest BCUT2D eigenvalue weighted by Gasteiger charge is -2.36. The number of hydrogen-bond donors (Lipinski definition) is 3. The number of anilines is 1. The fourth-order valence-electron chi connectivity index (χ4n) is 4.40. The Hall–Kier alpha value is -4.10. The number of ether oxygens (including phenoxy) is 2. The van der Waals surface area contributed by atoms with Gasteiger partial charge in [-0.05, 0) is 45.8 Å². The van der Waals surface area contributed by atoms with Crippen LogP contribution >= 0.6 is 11.8 Å². The number of rotatable bonds is 11. The summed E-state index contributed by atoms with van der Waals surface area (Å²) in [5, 5.41) is 33.9. The van der Waals surface area contributed by atoms with Crippen molar-refractivity contribution in [2.24, 2.45) is 0 Å². The number of carbonyl (C=O) groups is 2. The second kappa shape index (κ2) is 13.5. The third-order valence-corrected chi connectivity index (χ3v) is 7.51. The van der Waals surface area contributed by atoms with E-state index in [2.05, 4.69) is 20.8 Å². The van der Waals surface area contributed by atoms with Crippen molar-refractivity contribution < 1.29 is 29.3 Å². The number of aromatic nitrogens is 4. The molecule has 0 bridgehead atoms. The van der Waals surface area contributed by atoms with Gasteiger partial charge in [0, 0.05) is 29.8 Å². The first kappa shape index (κ1) is 28.4. The van der Waals surface area contributed by atoms with Crippen LogP contribution in [0.25, 0.3) is 5.69 Å². The molecule has 1 saturated heterocycles. The molecule has 0 aliphatic carbocycles. The van der Waals surface area contributed by atoms with E-state index in [1.165, 1.54) is 11.8 Å². The Morgan fingerprint density at radius 3 is 2.54 bits per heavy atom. The zero-order valence-corrected chi connectivity index (χ0v) is 22.8. The number of aliphatic carboxylic acids is 1. The summed E-state index contributed by atoms with van der Waals surface area (Å²) in [6.07, 6.45) is -1.02. The first-order chi connectivity index (χ1) is 20.0. The molecule has 3 unspecified atom stereocenters. The van der Waals surface area contributed by atoms with Crippen LogP contribution in [0.15, 0.2) is 84.0 Å². The second-order valence-corrected chi connectivity index (χ2v) is 10.4. The number of carbonyl (C=O) groups excluding carboxylic acids is 1. The predicted molar refractivity (Wildman–Crippen MR) is 150 cm³/mol. The van der Waals surface area contributed by atoms with E-state index in [4.69, 9.17) is 14.6 Å². The van der Waals surface area contributed by atoms with Gasteiger partial charge in [0.2, 0.25) is 11.1 Å². The normalized spacial score (nSPS) is 18.6. The zero-order valence-electron chi connectivity index (χ0n) is 22.0. The van der Waals surface area contributed by atoms with Crippen LogP contribution in [0.2, 0.25) is 0 Å². The van der Waals surface area contributed by atoms with Crippen LogP contribution in [0.5, 0.6) is 0 Å². The lowest BCUT2D eigenvalue weighted by atomic mass is 10.0. The summed E-state index contributed by atoms with van der Waals surface area (Å²) in [5.41, 5.74) is 3.85. The number of nitrogens with one attached hydrogen (secondary N) is 1. The van der Waals surface area contributed by atoms with E-state index < -0.39 is 12.3 Å². The third-order valence-electron chi connectivity index (χ3n) is 6.46. The molecular weight excluding hydrogens is 546 g/mol. The number of para-hydroxylation sites is 1. The highest BCUT2D eigenvalue weighted by Crippen LogP contribution is 2.39. The van der Waals surface area contributed by atoms with Gasteiger partial charge in [-0.25, -0.2) is 0 Å². The second-order valence-electron chi connectivity index (χ2n) is 9.44. The number of hydrogen-bond acceptors (Lipinski definition) is 9. The molecule has 3 N–H and O–H groups in total. The first-order valence-electron chi connectivity index (χ1n) is 13.1. The van der Waals surface area contributed by atoms with Gasteiger partial charge in [-0.1, -0.05) is 66.4 Å². The number of carboxylic acids is 1. The van der Waals surface area contributed by atoms with Crippen LogP contribution in [0.3, 0.4) is 0 Å². The smallest absolute Gasteiger partial charge is 0.303 e. The standard InChI is InChI=1S/C29H29N5O6S/c35-17-19-9-11-20(12-10-19)25-16-24(18-41-29-31-32-33-34(29)23-7-2-1-3-8-23)39-28(40-25)21-5-4-6-22(15-21)30-26(36)13-14-27(37)38/h1-12,15,24-25,28,35H,13-14,16-18H2,(H,30,36)(H,37,38). The fourth-order valence-corrected chi connectivity index (χ4v) is 5.31. The molecule has 1 aromatic heterocycles. The van der Waals surface area contributed by atoms with Gasteiger partial charge in [0.05, 0.1) is 30.9 Å². The number of tetrazole rings is 1. The summed E-state index contributed by atoms with van der Waals surface area (Å²) >= 11 is 1.48. The number of amides is 1. The SMILES string of the molecule is O=C(O)CCC(=O)Nc1cccc(C2OC(CSc3nnnn3-c3ccccc3)CC(c3ccc(CO)cc3)O2)c1. The highest BCUT2D eigenvalue weighted by atomic mass is 32.2. The van der Waals surface area contributed by atoms with E-state index in [-0.39, 0.29) is 37.6 Å². The van der Waals surface area contributed by atoms with E-state index in [0.29, 0.717) is 28.6 Å². The number of aliphatic hydroxyl groups excluding tert-OH is 1. The third kappa shape index (κ3) is 7.55. The Labute approximate surface area is 240 Å². The molecule has 0 saturated carbocycles.